The van der Waals surface area contributed by atoms with Gasteiger partial charge in [0.05, 0.1) is 0 Å². The lowest BCUT2D eigenvalue weighted by Crippen LogP contribution is -2.34. The van der Waals surface area contributed by atoms with Gasteiger partial charge >= 0.3 is 0 Å². The lowest BCUT2D eigenvalue weighted by Gasteiger charge is -2.36. The Balaban J connectivity index is 2.10. The molecule has 0 saturated heterocycles. The summed E-state index contributed by atoms with van der Waals surface area (Å²) >= 11 is 0. The fourth-order valence-electron chi connectivity index (χ4n) is 3.84. The molecule has 0 heterocycles. The molecule has 1 aromatic rings. The molecule has 1 saturated carbocycles. The number of aryl methyl sites for hydroxylation is 2. The SMILES string of the molecule is CCNCC1CCC(C)CC1Cc1c(C)cccc1C. The van der Waals surface area contributed by atoms with Gasteiger partial charge in [0.25, 0.3) is 0 Å². The first-order valence-electron chi connectivity index (χ1n) is 8.37. The van der Waals surface area contributed by atoms with Crippen molar-refractivity contribution in [2.75, 3.05) is 13.1 Å². The van der Waals surface area contributed by atoms with Gasteiger partial charge in [0.1, 0.15) is 0 Å². The van der Waals surface area contributed by atoms with Crippen molar-refractivity contribution in [3.63, 3.8) is 0 Å². The van der Waals surface area contributed by atoms with Crippen LogP contribution in [0.15, 0.2) is 18.2 Å². The Bertz CT molecular complexity index is 402. The maximum absolute atomic E-state index is 3.58. The first-order chi connectivity index (χ1) is 9.61. The minimum Gasteiger partial charge on any atom is -0.317 e. The molecule has 1 aliphatic rings. The van der Waals surface area contributed by atoms with Crippen LogP contribution in [0.3, 0.4) is 0 Å². The van der Waals surface area contributed by atoms with Crippen molar-refractivity contribution in [2.24, 2.45) is 17.8 Å². The molecule has 1 fully saturated rings. The predicted octanol–water partition coefficient (Wildman–Crippen LogP) is 4.51. The van der Waals surface area contributed by atoms with Crippen LogP contribution in [0.25, 0.3) is 0 Å². The largest absolute Gasteiger partial charge is 0.317 e. The first kappa shape index (κ1) is 15.6. The summed E-state index contributed by atoms with van der Waals surface area (Å²) in [5, 5.41) is 3.58. The number of hydrogen-bond donors (Lipinski definition) is 1. The van der Waals surface area contributed by atoms with Crippen LogP contribution in [0.2, 0.25) is 0 Å². The summed E-state index contributed by atoms with van der Waals surface area (Å²) in [4.78, 5) is 0. The molecule has 2 rings (SSSR count). The van der Waals surface area contributed by atoms with E-state index < -0.39 is 0 Å². The summed E-state index contributed by atoms with van der Waals surface area (Å²) in [5.41, 5.74) is 4.56. The molecule has 20 heavy (non-hydrogen) atoms. The van der Waals surface area contributed by atoms with Crippen LogP contribution in [0.4, 0.5) is 0 Å². The van der Waals surface area contributed by atoms with Crippen molar-refractivity contribution >= 4 is 0 Å². The summed E-state index contributed by atoms with van der Waals surface area (Å²) < 4.78 is 0. The zero-order valence-corrected chi connectivity index (χ0v) is 13.7. The normalized spacial score (nSPS) is 26.7. The molecular weight excluding hydrogens is 242 g/mol. The predicted molar refractivity (Wildman–Crippen MR) is 88.2 cm³/mol. The lowest BCUT2D eigenvalue weighted by molar-refractivity contribution is 0.184. The molecule has 0 amide bonds. The third kappa shape index (κ3) is 3.85. The average Bonchev–Trinajstić information content (AvgIpc) is 2.42. The Morgan fingerprint density at radius 3 is 2.45 bits per heavy atom. The van der Waals surface area contributed by atoms with Crippen molar-refractivity contribution < 1.29 is 0 Å². The van der Waals surface area contributed by atoms with Gasteiger partial charge in [0.2, 0.25) is 0 Å². The fraction of sp³-hybridized carbons (Fsp3) is 0.684. The maximum Gasteiger partial charge on any atom is -0.00179 e. The van der Waals surface area contributed by atoms with Crippen molar-refractivity contribution in [2.45, 2.75) is 53.4 Å². The van der Waals surface area contributed by atoms with Gasteiger partial charge in [-0.05, 0) is 80.6 Å². The van der Waals surface area contributed by atoms with E-state index in [1.165, 1.54) is 43.4 Å². The van der Waals surface area contributed by atoms with Gasteiger partial charge in [-0.3, -0.25) is 0 Å². The second kappa shape index (κ2) is 7.26. The summed E-state index contributed by atoms with van der Waals surface area (Å²) in [6.45, 7) is 11.5. The summed E-state index contributed by atoms with van der Waals surface area (Å²) in [5.74, 6) is 2.63. The number of rotatable bonds is 5. The van der Waals surface area contributed by atoms with Gasteiger partial charge in [-0.2, -0.15) is 0 Å². The van der Waals surface area contributed by atoms with Crippen LogP contribution < -0.4 is 5.32 Å². The molecule has 1 aromatic carbocycles. The van der Waals surface area contributed by atoms with E-state index in [2.05, 4.69) is 51.2 Å². The molecule has 112 valence electrons. The molecule has 1 aliphatic carbocycles. The monoisotopic (exact) mass is 273 g/mol. The van der Waals surface area contributed by atoms with Gasteiger partial charge in [-0.1, -0.05) is 38.5 Å². The lowest BCUT2D eigenvalue weighted by atomic mass is 9.71. The van der Waals surface area contributed by atoms with E-state index in [1.807, 2.05) is 0 Å². The zero-order valence-electron chi connectivity index (χ0n) is 13.7. The Hall–Kier alpha value is -0.820. The topological polar surface area (TPSA) is 12.0 Å². The molecule has 0 spiro atoms. The van der Waals surface area contributed by atoms with Crippen LogP contribution >= 0.6 is 0 Å². The molecular formula is C19H31N. The maximum atomic E-state index is 3.58. The first-order valence-corrected chi connectivity index (χ1v) is 8.37. The third-order valence-electron chi connectivity index (χ3n) is 5.17. The van der Waals surface area contributed by atoms with E-state index in [0.29, 0.717) is 0 Å². The number of benzene rings is 1. The summed E-state index contributed by atoms with van der Waals surface area (Å²) in [6.07, 6.45) is 5.51. The van der Waals surface area contributed by atoms with Crippen LogP contribution in [0, 0.1) is 31.6 Å². The molecule has 1 nitrogen and oxygen atoms in total. The van der Waals surface area contributed by atoms with Crippen LogP contribution in [-0.2, 0) is 6.42 Å². The van der Waals surface area contributed by atoms with Crippen molar-refractivity contribution in [1.29, 1.82) is 0 Å². The highest BCUT2D eigenvalue weighted by molar-refractivity contribution is 5.33. The Labute approximate surface area is 125 Å². The number of hydrogen-bond acceptors (Lipinski definition) is 1. The van der Waals surface area contributed by atoms with Crippen molar-refractivity contribution in [1.82, 2.24) is 5.32 Å². The minimum atomic E-state index is 0.859. The molecule has 3 unspecified atom stereocenters. The molecule has 0 bridgehead atoms. The highest BCUT2D eigenvalue weighted by Gasteiger charge is 2.28. The summed E-state index contributed by atoms with van der Waals surface area (Å²) in [7, 11) is 0. The van der Waals surface area contributed by atoms with Gasteiger partial charge in [-0.25, -0.2) is 0 Å². The smallest absolute Gasteiger partial charge is 0.00179 e. The van der Waals surface area contributed by atoms with E-state index in [0.717, 1.165) is 24.3 Å². The highest BCUT2D eigenvalue weighted by atomic mass is 14.8. The van der Waals surface area contributed by atoms with Crippen LogP contribution in [0.5, 0.6) is 0 Å². The van der Waals surface area contributed by atoms with Gasteiger partial charge < -0.3 is 5.32 Å². The molecule has 1 N–H and O–H groups in total. The van der Waals surface area contributed by atoms with Crippen molar-refractivity contribution in [3.05, 3.63) is 34.9 Å². The second-order valence-electron chi connectivity index (χ2n) is 6.82. The standard InChI is InChI=1S/C19H31N/c1-5-20-13-17-10-9-14(2)11-18(17)12-19-15(3)7-6-8-16(19)4/h6-8,14,17-18,20H,5,9-13H2,1-4H3. The van der Waals surface area contributed by atoms with Crippen molar-refractivity contribution in [3.8, 4) is 0 Å². The highest BCUT2D eigenvalue weighted by Crippen LogP contribution is 2.36. The van der Waals surface area contributed by atoms with Gasteiger partial charge in [0, 0.05) is 0 Å². The second-order valence-corrected chi connectivity index (χ2v) is 6.82. The van der Waals surface area contributed by atoms with E-state index in [4.69, 9.17) is 0 Å². The Kier molecular flexibility index (Phi) is 5.65. The quantitative estimate of drug-likeness (QED) is 0.832. The van der Waals surface area contributed by atoms with Crippen LogP contribution in [-0.4, -0.2) is 13.1 Å². The number of nitrogens with one attached hydrogen (secondary N) is 1. The molecule has 0 radical (unpaired) electrons. The summed E-state index contributed by atoms with van der Waals surface area (Å²) in [6, 6.07) is 6.73. The molecule has 0 aliphatic heterocycles. The van der Waals surface area contributed by atoms with E-state index in [-0.39, 0.29) is 0 Å². The fourth-order valence-corrected chi connectivity index (χ4v) is 3.84. The molecule has 0 aromatic heterocycles. The van der Waals surface area contributed by atoms with E-state index in [1.54, 1.807) is 5.56 Å². The zero-order chi connectivity index (χ0) is 14.5. The van der Waals surface area contributed by atoms with E-state index >= 15 is 0 Å². The Morgan fingerprint density at radius 2 is 1.80 bits per heavy atom. The van der Waals surface area contributed by atoms with Gasteiger partial charge in [-0.15, -0.1) is 0 Å². The van der Waals surface area contributed by atoms with Gasteiger partial charge in [0.15, 0.2) is 0 Å². The Morgan fingerprint density at radius 1 is 1.10 bits per heavy atom. The van der Waals surface area contributed by atoms with Crippen LogP contribution in [0.1, 0.15) is 49.8 Å². The van der Waals surface area contributed by atoms with E-state index in [9.17, 15) is 0 Å². The average molecular weight is 273 g/mol. The minimum absolute atomic E-state index is 0.859. The molecule has 1 heteroatoms. The third-order valence-corrected chi connectivity index (χ3v) is 5.17. The molecule has 3 atom stereocenters.